The predicted octanol–water partition coefficient (Wildman–Crippen LogP) is 6.95. The maximum atomic E-state index is 13.4. The van der Waals surface area contributed by atoms with Crippen LogP contribution in [-0.4, -0.2) is 87.1 Å². The molecule has 2 atom stereocenters. The minimum atomic E-state index is -0.688. The second-order valence-corrected chi connectivity index (χ2v) is 14.4. The zero-order chi connectivity index (χ0) is 38.5. The molecule has 5 aromatic rings. The fourth-order valence-corrected chi connectivity index (χ4v) is 6.98. The summed E-state index contributed by atoms with van der Waals surface area (Å²) in [5.74, 6) is 2.35. The number of fused-ring (bicyclic) bond motifs is 6. The SMILES string of the molecule is CCCN(Cc1nc2c(ccc3cc4c(cc32)OCc2cc(-c3cnc(CN(CC(C)C)C(=O)C[C@H](C)OC)[nH]3)ccc2-4)[nH]1)C(=O)[C@H](CC)NC(=O)OC. The summed E-state index contributed by atoms with van der Waals surface area (Å²) in [6, 6.07) is 13.9. The molecule has 0 aliphatic carbocycles. The number of aromatic nitrogens is 4. The van der Waals surface area contributed by atoms with Gasteiger partial charge >= 0.3 is 6.09 Å². The first-order valence-corrected chi connectivity index (χ1v) is 18.7. The largest absolute Gasteiger partial charge is 0.488 e. The number of rotatable bonds is 15. The molecule has 3 amide bonds. The normalized spacial score (nSPS) is 13.3. The van der Waals surface area contributed by atoms with Crippen molar-refractivity contribution in [3.8, 4) is 28.1 Å². The molecule has 3 N–H and O–H groups in total. The van der Waals surface area contributed by atoms with Gasteiger partial charge in [0.25, 0.3) is 0 Å². The van der Waals surface area contributed by atoms with Crippen molar-refractivity contribution in [2.24, 2.45) is 5.92 Å². The first-order chi connectivity index (χ1) is 26.0. The summed E-state index contributed by atoms with van der Waals surface area (Å²) in [6.07, 6.45) is 2.56. The number of H-pyrrole nitrogens is 2. The number of hydrogen-bond donors (Lipinski definition) is 3. The minimum Gasteiger partial charge on any atom is -0.488 e. The maximum absolute atomic E-state index is 13.4. The zero-order valence-electron chi connectivity index (χ0n) is 32.2. The predicted molar refractivity (Wildman–Crippen MR) is 208 cm³/mol. The fraction of sp³-hybridized carbons (Fsp3) is 0.439. The number of methoxy groups -OCH3 is 2. The van der Waals surface area contributed by atoms with Gasteiger partial charge in [-0.15, -0.1) is 0 Å². The van der Waals surface area contributed by atoms with E-state index in [9.17, 15) is 14.4 Å². The van der Waals surface area contributed by atoms with Gasteiger partial charge in [-0.25, -0.2) is 14.8 Å². The summed E-state index contributed by atoms with van der Waals surface area (Å²) in [7, 11) is 2.90. The number of imidazole rings is 2. The van der Waals surface area contributed by atoms with E-state index < -0.39 is 12.1 Å². The molecular formula is C41H51N7O6. The molecule has 1 aliphatic rings. The number of carbonyl (C=O) groups excluding carboxylic acids is 3. The first-order valence-electron chi connectivity index (χ1n) is 18.7. The number of carbonyl (C=O) groups is 3. The molecule has 54 heavy (non-hydrogen) atoms. The fourth-order valence-electron chi connectivity index (χ4n) is 6.98. The average molecular weight is 738 g/mol. The molecule has 2 aromatic heterocycles. The number of aromatic amines is 2. The topological polar surface area (TPSA) is 155 Å². The van der Waals surface area contributed by atoms with Gasteiger partial charge in [0.1, 0.15) is 30.0 Å². The molecule has 286 valence electrons. The van der Waals surface area contributed by atoms with Crippen LogP contribution in [-0.2, 0) is 38.8 Å². The van der Waals surface area contributed by atoms with Gasteiger partial charge in [-0.2, -0.15) is 0 Å². The standard InChI is InChI=1S/C41H51N7O6/c1-8-14-47(40(50)32(9-2)45-41(51)53-7)22-37-43-33-13-11-26-17-31-29-12-10-27(16-28(29)23-54-35(31)18-30(26)39(33)46-37)34-19-42-36(44-34)21-48(20-24(3)4)38(49)15-25(5)52-6/h10-13,16-19,24-25,32H,8-9,14-15,20-23H2,1-7H3,(H,42,44)(H,43,46)(H,45,51)/t25-,32-/m0/s1. The van der Waals surface area contributed by atoms with Gasteiger partial charge in [0.15, 0.2) is 0 Å². The molecule has 0 saturated carbocycles. The third-order valence-electron chi connectivity index (χ3n) is 9.81. The molecule has 1 aliphatic heterocycles. The van der Waals surface area contributed by atoms with E-state index in [0.29, 0.717) is 50.8 Å². The lowest BCUT2D eigenvalue weighted by Crippen LogP contribution is -2.48. The number of alkyl carbamates (subject to hydrolysis) is 1. The van der Waals surface area contributed by atoms with Gasteiger partial charge in [0.05, 0.1) is 55.6 Å². The number of benzene rings is 3. The Morgan fingerprint density at radius 2 is 1.76 bits per heavy atom. The highest BCUT2D eigenvalue weighted by Gasteiger charge is 2.26. The van der Waals surface area contributed by atoms with Crippen LogP contribution < -0.4 is 10.1 Å². The first kappa shape index (κ1) is 38.3. The van der Waals surface area contributed by atoms with Crippen molar-refractivity contribution in [3.63, 3.8) is 0 Å². The van der Waals surface area contributed by atoms with Crippen molar-refractivity contribution >= 4 is 39.7 Å². The summed E-state index contributed by atoms with van der Waals surface area (Å²) in [5.41, 5.74) is 6.70. The van der Waals surface area contributed by atoms with E-state index >= 15 is 0 Å². The Labute approximate surface area is 315 Å². The lowest BCUT2D eigenvalue weighted by atomic mass is 9.92. The number of hydrogen-bond acceptors (Lipinski definition) is 8. The third kappa shape index (κ3) is 8.36. The van der Waals surface area contributed by atoms with Crippen LogP contribution >= 0.6 is 0 Å². The van der Waals surface area contributed by atoms with Gasteiger partial charge < -0.3 is 39.3 Å². The molecule has 13 heteroatoms. The van der Waals surface area contributed by atoms with Gasteiger partial charge in [-0.3, -0.25) is 9.59 Å². The molecule has 13 nitrogen and oxygen atoms in total. The Bertz CT molecular complexity index is 2140. The van der Waals surface area contributed by atoms with Crippen molar-refractivity contribution < 1.29 is 28.6 Å². The van der Waals surface area contributed by atoms with Crippen molar-refractivity contribution in [1.29, 1.82) is 0 Å². The summed E-state index contributed by atoms with van der Waals surface area (Å²) in [5, 5.41) is 4.62. The van der Waals surface area contributed by atoms with E-state index in [0.717, 1.165) is 67.7 Å². The molecule has 3 aromatic carbocycles. The quantitative estimate of drug-likeness (QED) is 0.104. The number of nitrogens with zero attached hydrogens (tertiary/aromatic N) is 4. The molecule has 0 fully saturated rings. The van der Waals surface area contributed by atoms with Crippen LogP contribution in [0.25, 0.3) is 44.2 Å². The van der Waals surface area contributed by atoms with E-state index in [1.54, 1.807) is 12.0 Å². The van der Waals surface area contributed by atoms with E-state index in [2.05, 4.69) is 70.5 Å². The van der Waals surface area contributed by atoms with Crippen LogP contribution in [0.15, 0.2) is 48.7 Å². The smallest absolute Gasteiger partial charge is 0.407 e. The summed E-state index contributed by atoms with van der Waals surface area (Å²) < 4.78 is 16.4. The Kier molecular flexibility index (Phi) is 11.9. The Morgan fingerprint density at radius 3 is 2.48 bits per heavy atom. The van der Waals surface area contributed by atoms with Crippen molar-refractivity contribution in [3.05, 3.63) is 65.9 Å². The van der Waals surface area contributed by atoms with E-state index in [1.807, 2.05) is 37.9 Å². The van der Waals surface area contributed by atoms with Crippen LogP contribution in [0.3, 0.4) is 0 Å². The molecule has 0 saturated heterocycles. The highest BCUT2D eigenvalue weighted by molar-refractivity contribution is 6.07. The van der Waals surface area contributed by atoms with Crippen molar-refractivity contribution in [1.82, 2.24) is 35.1 Å². The Hall–Kier alpha value is -5.43. The van der Waals surface area contributed by atoms with Crippen molar-refractivity contribution in [2.75, 3.05) is 27.3 Å². The number of ether oxygens (including phenoxy) is 3. The highest BCUT2D eigenvalue weighted by Crippen LogP contribution is 2.42. The monoisotopic (exact) mass is 737 g/mol. The Balaban J connectivity index is 1.22. The third-order valence-corrected chi connectivity index (χ3v) is 9.81. The highest BCUT2D eigenvalue weighted by atomic mass is 16.5. The lowest BCUT2D eigenvalue weighted by molar-refractivity contribution is -0.135. The summed E-state index contributed by atoms with van der Waals surface area (Å²) in [4.78, 5) is 58.3. The minimum absolute atomic E-state index is 0.0450. The molecule has 0 radical (unpaired) electrons. The summed E-state index contributed by atoms with van der Waals surface area (Å²) in [6.45, 7) is 12.2. The van der Waals surface area contributed by atoms with Gasteiger partial charge in [0, 0.05) is 31.1 Å². The van der Waals surface area contributed by atoms with Crippen LogP contribution in [0.2, 0.25) is 0 Å². The number of amides is 3. The zero-order valence-corrected chi connectivity index (χ0v) is 32.2. The van der Waals surface area contributed by atoms with E-state index in [1.165, 1.54) is 7.11 Å². The molecular weight excluding hydrogens is 686 g/mol. The average Bonchev–Trinajstić information content (AvgIpc) is 3.82. The van der Waals surface area contributed by atoms with Crippen LogP contribution in [0.4, 0.5) is 4.79 Å². The van der Waals surface area contributed by atoms with Crippen molar-refractivity contribution in [2.45, 2.75) is 85.7 Å². The Morgan fingerprint density at radius 1 is 0.963 bits per heavy atom. The molecule has 0 bridgehead atoms. The van der Waals surface area contributed by atoms with Crippen LogP contribution in [0, 0.1) is 5.92 Å². The molecule has 0 unspecified atom stereocenters. The maximum Gasteiger partial charge on any atom is 0.407 e. The lowest BCUT2D eigenvalue weighted by Gasteiger charge is -2.26. The second-order valence-electron chi connectivity index (χ2n) is 14.4. The van der Waals surface area contributed by atoms with Gasteiger partial charge in [-0.1, -0.05) is 45.9 Å². The van der Waals surface area contributed by atoms with Gasteiger partial charge in [0.2, 0.25) is 11.8 Å². The molecule has 3 heterocycles. The second kappa shape index (κ2) is 16.7. The summed E-state index contributed by atoms with van der Waals surface area (Å²) >= 11 is 0. The molecule has 0 spiro atoms. The van der Waals surface area contributed by atoms with E-state index in [-0.39, 0.29) is 24.5 Å². The van der Waals surface area contributed by atoms with E-state index in [4.69, 9.17) is 19.2 Å². The molecule has 6 rings (SSSR count). The number of nitrogens with one attached hydrogen (secondary N) is 3. The van der Waals surface area contributed by atoms with Gasteiger partial charge in [-0.05, 0) is 72.0 Å². The van der Waals surface area contributed by atoms with Crippen LogP contribution in [0.1, 0.15) is 71.1 Å². The van der Waals surface area contributed by atoms with Crippen LogP contribution in [0.5, 0.6) is 5.75 Å².